The van der Waals surface area contributed by atoms with E-state index < -0.39 is 23.4 Å². The number of rotatable bonds is 10. The molecule has 6 rings (SSSR count). The molecule has 0 N–H and O–H groups in total. The minimum Gasteiger partial charge on any atom is -0.411 e. The van der Waals surface area contributed by atoms with Crippen LogP contribution in [-0.4, -0.2) is 0 Å². The molecule has 11 heteroatoms. The summed E-state index contributed by atoms with van der Waals surface area (Å²) in [5.74, 6) is 2.69. The number of nitrogens with zero attached hydrogens (tertiary/aromatic N) is 3. The van der Waals surface area contributed by atoms with Crippen LogP contribution in [0.4, 0.5) is 0 Å². The highest BCUT2D eigenvalue weighted by molar-refractivity contribution is 7.75. The Morgan fingerprint density at radius 2 is 0.707 bits per heavy atom. The number of para-hydroxylation sites is 5. The second-order valence-electron chi connectivity index (χ2n) is 8.52. The maximum atomic E-state index is 6.55. The lowest BCUT2D eigenvalue weighted by atomic mass is 10.3. The van der Waals surface area contributed by atoms with Crippen LogP contribution in [0, 0.1) is 0 Å². The van der Waals surface area contributed by atoms with Crippen molar-refractivity contribution in [3.63, 3.8) is 0 Å². The van der Waals surface area contributed by atoms with Gasteiger partial charge in [0.1, 0.15) is 23.0 Å². The van der Waals surface area contributed by atoms with Gasteiger partial charge < -0.3 is 18.1 Å². The lowest BCUT2D eigenvalue weighted by Crippen LogP contribution is -2.06. The summed E-state index contributed by atoms with van der Waals surface area (Å²) in [6.07, 6.45) is 0. The molecular formula is C30H25N3O5P3+. The molecule has 0 saturated heterocycles. The lowest BCUT2D eigenvalue weighted by molar-refractivity contribution is 0.458. The van der Waals surface area contributed by atoms with E-state index in [1.54, 1.807) is 0 Å². The Labute approximate surface area is 239 Å². The van der Waals surface area contributed by atoms with Gasteiger partial charge in [0.25, 0.3) is 0 Å². The Bertz CT molecular complexity index is 1550. The van der Waals surface area contributed by atoms with Crippen molar-refractivity contribution >= 4 is 23.4 Å². The SMILES string of the molecule is c1ccc(O[P+]2=NP(Oc3ccccc3)(Oc3ccccc3)=NP(Oc3ccccc3)(Oc3ccccc3)=N2)cc1. The average Bonchev–Trinajstić information content (AvgIpc) is 2.99. The average molecular weight is 600 g/mol. The third kappa shape index (κ3) is 7.06. The van der Waals surface area contributed by atoms with Gasteiger partial charge in [-0.05, 0) is 60.7 Å². The summed E-state index contributed by atoms with van der Waals surface area (Å²) in [4.78, 5) is 0. The highest BCUT2D eigenvalue weighted by Crippen LogP contribution is 2.73. The molecule has 1 unspecified atom stereocenters. The van der Waals surface area contributed by atoms with Gasteiger partial charge in [0.2, 0.25) is 0 Å². The number of hydrogen-bond acceptors (Lipinski definition) is 8. The van der Waals surface area contributed by atoms with Crippen LogP contribution < -0.4 is 22.6 Å². The molecule has 41 heavy (non-hydrogen) atoms. The largest absolute Gasteiger partial charge is 0.603 e. The maximum Gasteiger partial charge on any atom is 0.603 e. The molecule has 8 nitrogen and oxygen atoms in total. The maximum absolute atomic E-state index is 6.55. The minimum atomic E-state index is -3.56. The van der Waals surface area contributed by atoms with Crippen LogP contribution in [0.3, 0.4) is 0 Å². The molecule has 0 aromatic heterocycles. The Morgan fingerprint density at radius 1 is 0.390 bits per heavy atom. The fraction of sp³-hybridized carbons (Fsp3) is 0. The fourth-order valence-corrected chi connectivity index (χ4v) is 11.2. The molecule has 5 aromatic rings. The monoisotopic (exact) mass is 600 g/mol. The summed E-state index contributed by atoms with van der Waals surface area (Å²) in [5.41, 5.74) is 0. The standard InChI is InChI=1S/C30H25N3O5P3/c1-6-16-26(17-7-1)34-39-31-40(35-27-18-8-2-9-19-27,36-28-20-10-3-11-21-28)33-41(32-39,37-29-22-12-4-13-23-29)38-30-24-14-5-15-25-30/h1-25H/q+1. The smallest absolute Gasteiger partial charge is 0.411 e. The quantitative estimate of drug-likeness (QED) is 0.149. The summed E-state index contributed by atoms with van der Waals surface area (Å²) >= 11 is 0. The van der Waals surface area contributed by atoms with Crippen molar-refractivity contribution in [1.29, 1.82) is 0 Å². The topological polar surface area (TPSA) is 83.2 Å². The molecule has 0 amide bonds. The summed E-state index contributed by atoms with van der Waals surface area (Å²) < 4.78 is 47.4. The lowest BCUT2D eigenvalue weighted by Gasteiger charge is -2.25. The molecule has 204 valence electrons. The van der Waals surface area contributed by atoms with Crippen LogP contribution in [0.15, 0.2) is 165 Å². The predicted octanol–water partition coefficient (Wildman–Crippen LogP) is 10.8. The first-order chi connectivity index (χ1) is 20.2. The zero-order valence-electron chi connectivity index (χ0n) is 21.7. The van der Waals surface area contributed by atoms with Crippen molar-refractivity contribution in [3.05, 3.63) is 152 Å². The summed E-state index contributed by atoms with van der Waals surface area (Å²) in [7, 11) is -9.08. The van der Waals surface area contributed by atoms with E-state index in [4.69, 9.17) is 36.2 Å². The minimum absolute atomic E-state index is 0.526. The summed E-state index contributed by atoms with van der Waals surface area (Å²) in [5, 5.41) is 0. The zero-order valence-corrected chi connectivity index (χ0v) is 24.3. The second-order valence-corrected chi connectivity index (χ2v) is 14.1. The Hall–Kier alpha value is -4.34. The highest BCUT2D eigenvalue weighted by Gasteiger charge is 2.49. The molecule has 0 bridgehead atoms. The van der Waals surface area contributed by atoms with Gasteiger partial charge in [-0.3, -0.25) is 0 Å². The molecule has 0 aliphatic carbocycles. The van der Waals surface area contributed by atoms with Crippen molar-refractivity contribution in [2.75, 3.05) is 0 Å². The zero-order chi connectivity index (χ0) is 27.8. The van der Waals surface area contributed by atoms with Crippen molar-refractivity contribution in [2.45, 2.75) is 0 Å². The van der Waals surface area contributed by atoms with E-state index in [0.717, 1.165) is 0 Å². The van der Waals surface area contributed by atoms with Gasteiger partial charge in [-0.1, -0.05) is 95.5 Å². The van der Waals surface area contributed by atoms with Crippen LogP contribution in [-0.2, 0) is 0 Å². The predicted molar refractivity (Wildman–Crippen MR) is 163 cm³/mol. The van der Waals surface area contributed by atoms with E-state index >= 15 is 0 Å². The van der Waals surface area contributed by atoms with Gasteiger partial charge in [0.15, 0.2) is 5.75 Å². The second kappa shape index (κ2) is 12.4. The first-order valence-corrected chi connectivity index (χ1v) is 16.9. The molecular weight excluding hydrogens is 575 g/mol. The molecule has 1 aliphatic rings. The van der Waals surface area contributed by atoms with Crippen molar-refractivity contribution in [3.8, 4) is 28.7 Å². The molecule has 1 aliphatic heterocycles. The molecule has 0 radical (unpaired) electrons. The normalized spacial score (nSPS) is 15.7. The first kappa shape index (κ1) is 26.9. The molecule has 1 atom stereocenters. The third-order valence-electron chi connectivity index (χ3n) is 5.41. The van der Waals surface area contributed by atoms with E-state index in [2.05, 4.69) is 0 Å². The Morgan fingerprint density at radius 3 is 1.07 bits per heavy atom. The summed E-state index contributed by atoms with van der Waals surface area (Å²) in [6, 6.07) is 46.5. The van der Waals surface area contributed by atoms with Gasteiger partial charge in [-0.2, -0.15) is 0 Å². The molecule has 0 saturated carbocycles. The van der Waals surface area contributed by atoms with Crippen molar-refractivity contribution in [1.82, 2.24) is 0 Å². The van der Waals surface area contributed by atoms with Crippen LogP contribution >= 0.6 is 23.4 Å². The van der Waals surface area contributed by atoms with Crippen LogP contribution in [0.2, 0.25) is 0 Å². The Balaban J connectivity index is 1.57. The molecule has 5 aromatic carbocycles. The highest BCUT2D eigenvalue weighted by atomic mass is 31.3. The van der Waals surface area contributed by atoms with Crippen molar-refractivity contribution in [2.24, 2.45) is 13.5 Å². The summed E-state index contributed by atoms with van der Waals surface area (Å²) in [6.45, 7) is 0. The van der Waals surface area contributed by atoms with E-state index in [9.17, 15) is 0 Å². The van der Waals surface area contributed by atoms with Gasteiger partial charge in [0, 0.05) is 0 Å². The first-order valence-electron chi connectivity index (χ1n) is 12.7. The fourth-order valence-electron chi connectivity index (χ4n) is 3.66. The van der Waals surface area contributed by atoms with Gasteiger partial charge in [0.05, 0.1) is 9.03 Å². The van der Waals surface area contributed by atoms with E-state index in [1.165, 1.54) is 0 Å². The van der Waals surface area contributed by atoms with Crippen LogP contribution in [0.5, 0.6) is 28.7 Å². The van der Waals surface area contributed by atoms with E-state index in [0.29, 0.717) is 28.7 Å². The Kier molecular flexibility index (Phi) is 8.16. The number of benzene rings is 5. The molecule has 1 heterocycles. The van der Waals surface area contributed by atoms with Gasteiger partial charge in [-0.15, -0.1) is 0 Å². The van der Waals surface area contributed by atoms with Crippen LogP contribution in [0.1, 0.15) is 0 Å². The van der Waals surface area contributed by atoms with E-state index in [-0.39, 0.29) is 0 Å². The van der Waals surface area contributed by atoms with Gasteiger partial charge >= 0.3 is 23.4 Å². The van der Waals surface area contributed by atoms with Crippen molar-refractivity contribution < 1.29 is 22.6 Å². The molecule has 0 fully saturated rings. The molecule has 0 spiro atoms. The van der Waals surface area contributed by atoms with Gasteiger partial charge in [-0.25, -0.2) is 4.52 Å². The van der Waals surface area contributed by atoms with Crippen LogP contribution in [0.25, 0.3) is 0 Å². The van der Waals surface area contributed by atoms with E-state index in [1.807, 2.05) is 152 Å². The third-order valence-corrected chi connectivity index (χ3v) is 12.4. The number of hydrogen-bond donors (Lipinski definition) is 0.